The van der Waals surface area contributed by atoms with Gasteiger partial charge in [0.25, 0.3) is 11.9 Å². The number of aliphatic hydroxyl groups is 1. The number of H-pyrrole nitrogens is 1. The molecule has 140 valence electrons. The van der Waals surface area contributed by atoms with E-state index in [0.29, 0.717) is 29.1 Å². The van der Waals surface area contributed by atoms with Crippen molar-refractivity contribution in [3.8, 4) is 17.0 Å². The second kappa shape index (κ2) is 6.51. The maximum atomic E-state index is 13.9. The van der Waals surface area contributed by atoms with Gasteiger partial charge in [0, 0.05) is 22.2 Å². The summed E-state index contributed by atoms with van der Waals surface area (Å²) in [6.07, 6.45) is 0.992. The van der Waals surface area contributed by atoms with Crippen LogP contribution in [0.1, 0.15) is 18.5 Å². The molecule has 0 unspecified atom stereocenters. The van der Waals surface area contributed by atoms with Crippen LogP contribution < -0.4 is 10.1 Å². The number of aromatic nitrogens is 2. The number of carbonyl (C=O) groups is 1. The van der Waals surface area contributed by atoms with Crippen molar-refractivity contribution in [3.63, 3.8) is 0 Å². The fraction of sp³-hybridized carbons (Fsp3) is 0.263. The van der Waals surface area contributed by atoms with Crippen LogP contribution in [0.3, 0.4) is 0 Å². The summed E-state index contributed by atoms with van der Waals surface area (Å²) < 4.78 is 18.8. The third-order valence-electron chi connectivity index (χ3n) is 4.66. The lowest BCUT2D eigenvalue weighted by atomic mass is 10.1. The Kier molecular flexibility index (Phi) is 4.28. The van der Waals surface area contributed by atoms with Crippen molar-refractivity contribution < 1.29 is 19.0 Å². The van der Waals surface area contributed by atoms with E-state index in [4.69, 9.17) is 16.3 Å². The highest BCUT2D eigenvalue weighted by molar-refractivity contribution is 6.34. The van der Waals surface area contributed by atoms with Crippen molar-refractivity contribution in [1.82, 2.24) is 15.3 Å². The first-order valence-corrected chi connectivity index (χ1v) is 8.80. The summed E-state index contributed by atoms with van der Waals surface area (Å²) in [5.74, 6) is -1.01. The number of fused-ring (bicyclic) bond motifs is 1. The predicted octanol–water partition coefficient (Wildman–Crippen LogP) is 3.17. The summed E-state index contributed by atoms with van der Waals surface area (Å²) in [6, 6.07) is 8.54. The topological polar surface area (TPSA) is 87.2 Å². The van der Waals surface area contributed by atoms with E-state index in [1.54, 1.807) is 18.2 Å². The fourth-order valence-electron chi connectivity index (χ4n) is 2.91. The van der Waals surface area contributed by atoms with Gasteiger partial charge in [-0.15, -0.1) is 0 Å². The van der Waals surface area contributed by atoms with Crippen LogP contribution in [0.25, 0.3) is 22.2 Å². The van der Waals surface area contributed by atoms with Crippen molar-refractivity contribution >= 4 is 28.4 Å². The van der Waals surface area contributed by atoms with Crippen molar-refractivity contribution in [2.24, 2.45) is 0 Å². The van der Waals surface area contributed by atoms with Gasteiger partial charge >= 0.3 is 0 Å². The van der Waals surface area contributed by atoms with E-state index < -0.39 is 11.5 Å². The standard InChI is InChI=1S/C19H17ClFN3O3/c1-27-16-3-2-14(24-17(16)21)12-8-15-10(7-13(12)20)6-11(23-15)9-22-18(25)19(26)4-5-19/h2-3,6-8,23,26H,4-5,9H2,1H3,(H,22,25). The van der Waals surface area contributed by atoms with Gasteiger partial charge in [-0.1, -0.05) is 11.6 Å². The molecule has 0 spiro atoms. The van der Waals surface area contributed by atoms with E-state index in [9.17, 15) is 14.3 Å². The van der Waals surface area contributed by atoms with Crippen LogP contribution in [0.15, 0.2) is 30.3 Å². The molecule has 3 aromatic rings. The number of aromatic amines is 1. The number of nitrogens with zero attached hydrogens (tertiary/aromatic N) is 1. The molecule has 4 rings (SSSR count). The minimum atomic E-state index is -1.20. The highest BCUT2D eigenvalue weighted by Crippen LogP contribution is 2.35. The SMILES string of the molecule is COc1ccc(-c2cc3[nH]c(CNC(=O)C4(O)CC4)cc3cc2Cl)nc1F. The Morgan fingerprint density at radius 1 is 1.41 bits per heavy atom. The maximum absolute atomic E-state index is 13.9. The minimum Gasteiger partial charge on any atom is -0.492 e. The Morgan fingerprint density at radius 3 is 2.85 bits per heavy atom. The molecule has 1 aromatic carbocycles. The van der Waals surface area contributed by atoms with E-state index in [1.807, 2.05) is 6.07 Å². The smallest absolute Gasteiger partial charge is 0.255 e. The van der Waals surface area contributed by atoms with Crippen LogP contribution in [0.4, 0.5) is 4.39 Å². The van der Waals surface area contributed by atoms with Gasteiger partial charge in [0.15, 0.2) is 5.75 Å². The van der Waals surface area contributed by atoms with Gasteiger partial charge in [-0.05, 0) is 43.2 Å². The lowest BCUT2D eigenvalue weighted by molar-refractivity contribution is -0.131. The second-order valence-electron chi connectivity index (χ2n) is 6.62. The van der Waals surface area contributed by atoms with Crippen molar-refractivity contribution in [1.29, 1.82) is 0 Å². The maximum Gasteiger partial charge on any atom is 0.255 e. The molecule has 1 saturated carbocycles. The second-order valence-corrected chi connectivity index (χ2v) is 7.02. The highest BCUT2D eigenvalue weighted by atomic mass is 35.5. The number of pyridine rings is 1. The van der Waals surface area contributed by atoms with Crippen LogP contribution in [-0.2, 0) is 11.3 Å². The minimum absolute atomic E-state index is 0.0613. The average molecular weight is 390 g/mol. The zero-order valence-corrected chi connectivity index (χ0v) is 15.2. The molecule has 27 heavy (non-hydrogen) atoms. The fourth-order valence-corrected chi connectivity index (χ4v) is 3.18. The number of benzene rings is 1. The Morgan fingerprint density at radius 2 is 2.19 bits per heavy atom. The Labute approximate surface area is 159 Å². The lowest BCUT2D eigenvalue weighted by Gasteiger charge is -2.07. The van der Waals surface area contributed by atoms with Gasteiger partial charge in [0.05, 0.1) is 24.4 Å². The third kappa shape index (κ3) is 3.36. The van der Waals surface area contributed by atoms with Gasteiger partial charge in [0.1, 0.15) is 5.60 Å². The molecule has 2 aromatic heterocycles. The summed E-state index contributed by atoms with van der Waals surface area (Å²) >= 11 is 6.36. The summed E-state index contributed by atoms with van der Waals surface area (Å²) in [5.41, 5.74) is 1.31. The number of rotatable bonds is 5. The largest absolute Gasteiger partial charge is 0.492 e. The van der Waals surface area contributed by atoms with Crippen LogP contribution in [0.5, 0.6) is 5.75 Å². The molecule has 1 fully saturated rings. The van der Waals surface area contributed by atoms with Crippen LogP contribution >= 0.6 is 11.6 Å². The van der Waals surface area contributed by atoms with Crippen molar-refractivity contribution in [2.75, 3.05) is 7.11 Å². The number of amides is 1. The van der Waals surface area contributed by atoms with E-state index in [-0.39, 0.29) is 18.2 Å². The number of nitrogens with one attached hydrogen (secondary N) is 2. The van der Waals surface area contributed by atoms with Crippen molar-refractivity contribution in [2.45, 2.75) is 25.0 Å². The van der Waals surface area contributed by atoms with E-state index in [1.165, 1.54) is 13.2 Å². The van der Waals surface area contributed by atoms with Gasteiger partial charge in [-0.2, -0.15) is 4.39 Å². The molecular formula is C19H17ClFN3O3. The Bertz CT molecular complexity index is 1050. The van der Waals surface area contributed by atoms with E-state index >= 15 is 0 Å². The molecule has 0 radical (unpaired) electrons. The highest BCUT2D eigenvalue weighted by Gasteiger charge is 2.47. The summed E-state index contributed by atoms with van der Waals surface area (Å²) in [6.45, 7) is 0.262. The average Bonchev–Trinajstić information content (AvgIpc) is 3.27. The lowest BCUT2D eigenvalue weighted by Crippen LogP contribution is -2.35. The zero-order valence-electron chi connectivity index (χ0n) is 14.5. The zero-order chi connectivity index (χ0) is 19.2. The third-order valence-corrected chi connectivity index (χ3v) is 4.97. The van der Waals surface area contributed by atoms with Gasteiger partial charge < -0.3 is 20.1 Å². The molecule has 1 amide bonds. The number of hydrogen-bond donors (Lipinski definition) is 3. The molecule has 1 aliphatic rings. The number of carbonyl (C=O) groups excluding carboxylic acids is 1. The molecular weight excluding hydrogens is 373 g/mol. The normalized spacial score (nSPS) is 15.0. The molecule has 6 nitrogen and oxygen atoms in total. The van der Waals surface area contributed by atoms with Crippen LogP contribution in [-0.4, -0.2) is 33.7 Å². The molecule has 0 saturated heterocycles. The van der Waals surface area contributed by atoms with E-state index in [0.717, 1.165) is 16.6 Å². The number of hydrogen-bond acceptors (Lipinski definition) is 4. The Hall–Kier alpha value is -2.64. The number of methoxy groups -OCH3 is 1. The van der Waals surface area contributed by atoms with Crippen LogP contribution in [0, 0.1) is 5.95 Å². The predicted molar refractivity (Wildman–Crippen MR) is 99.1 cm³/mol. The van der Waals surface area contributed by atoms with Gasteiger partial charge in [0.2, 0.25) is 0 Å². The first-order valence-electron chi connectivity index (χ1n) is 8.42. The van der Waals surface area contributed by atoms with E-state index in [2.05, 4.69) is 15.3 Å². The summed E-state index contributed by atoms with van der Waals surface area (Å²) in [7, 11) is 1.37. The number of halogens is 2. The molecule has 0 aliphatic heterocycles. The quantitative estimate of drug-likeness (QED) is 0.585. The molecule has 2 heterocycles. The summed E-state index contributed by atoms with van der Waals surface area (Å²) in [4.78, 5) is 18.9. The Balaban J connectivity index is 1.61. The summed E-state index contributed by atoms with van der Waals surface area (Å²) in [5, 5.41) is 13.8. The first kappa shape index (κ1) is 17.8. The first-order chi connectivity index (χ1) is 12.9. The van der Waals surface area contributed by atoms with Gasteiger partial charge in [-0.3, -0.25) is 4.79 Å². The molecule has 1 aliphatic carbocycles. The van der Waals surface area contributed by atoms with Crippen LogP contribution in [0.2, 0.25) is 5.02 Å². The molecule has 8 heteroatoms. The number of ether oxygens (including phenoxy) is 1. The van der Waals surface area contributed by atoms with Gasteiger partial charge in [-0.25, -0.2) is 4.98 Å². The molecule has 3 N–H and O–H groups in total. The molecule has 0 atom stereocenters. The van der Waals surface area contributed by atoms with Crippen molar-refractivity contribution in [3.05, 3.63) is 47.0 Å². The molecule has 0 bridgehead atoms. The monoisotopic (exact) mass is 389 g/mol.